The zero-order valence-electron chi connectivity index (χ0n) is 16.8. The fourth-order valence-electron chi connectivity index (χ4n) is 4.36. The highest BCUT2D eigenvalue weighted by molar-refractivity contribution is 5.85. The highest BCUT2D eigenvalue weighted by Crippen LogP contribution is 2.21. The van der Waals surface area contributed by atoms with E-state index in [2.05, 4.69) is 30.1 Å². The molecule has 1 unspecified atom stereocenters. The van der Waals surface area contributed by atoms with Gasteiger partial charge in [0.15, 0.2) is 5.82 Å². The highest BCUT2D eigenvalue weighted by atomic mass is 35.5. The van der Waals surface area contributed by atoms with Gasteiger partial charge in [0, 0.05) is 31.5 Å². The Bertz CT molecular complexity index is 717. The van der Waals surface area contributed by atoms with Crippen molar-refractivity contribution in [2.24, 2.45) is 0 Å². The minimum Gasteiger partial charge on any atom is -0.395 e. The van der Waals surface area contributed by atoms with Crippen molar-refractivity contribution in [3.05, 3.63) is 18.6 Å². The SMILES string of the molecule is Cl.Cl.OCC1CCCCN1CCCn1ccnc1-c1cn(C2CCNCC2)nn1. The summed E-state index contributed by atoms with van der Waals surface area (Å²) in [7, 11) is 0. The molecule has 1 atom stereocenters. The summed E-state index contributed by atoms with van der Waals surface area (Å²) in [5.74, 6) is 0.896. The summed E-state index contributed by atoms with van der Waals surface area (Å²) in [4.78, 5) is 6.96. The Labute approximate surface area is 184 Å². The number of halogens is 2. The number of nitrogens with one attached hydrogen (secondary N) is 1. The van der Waals surface area contributed by atoms with Crippen LogP contribution in [0, 0.1) is 0 Å². The van der Waals surface area contributed by atoms with Crippen LogP contribution in [0.1, 0.15) is 44.6 Å². The van der Waals surface area contributed by atoms with Crippen LogP contribution in [0.15, 0.2) is 18.6 Å². The number of rotatable bonds is 7. The van der Waals surface area contributed by atoms with Crippen LogP contribution in [-0.4, -0.2) is 73.4 Å². The standard InChI is InChI=1S/C19H31N7O.2ClH/c27-15-17-4-1-2-10-24(17)11-3-12-25-13-9-21-19(25)18-14-26(23-22-18)16-5-7-20-8-6-16;;/h9,13-14,16-17,20,27H,1-8,10-12,15H2;2*1H. The third-order valence-corrected chi connectivity index (χ3v) is 5.94. The monoisotopic (exact) mass is 445 g/mol. The maximum atomic E-state index is 9.57. The molecule has 2 fully saturated rings. The van der Waals surface area contributed by atoms with E-state index < -0.39 is 0 Å². The van der Waals surface area contributed by atoms with Crippen molar-refractivity contribution in [1.82, 2.24) is 34.8 Å². The number of likely N-dealkylation sites (tertiary alicyclic amines) is 1. The number of aromatic nitrogens is 5. The van der Waals surface area contributed by atoms with E-state index in [0.29, 0.717) is 12.1 Å². The van der Waals surface area contributed by atoms with Gasteiger partial charge in [-0.1, -0.05) is 11.6 Å². The number of imidazole rings is 1. The Morgan fingerprint density at radius 1 is 1.10 bits per heavy atom. The Morgan fingerprint density at radius 3 is 2.72 bits per heavy atom. The molecular formula is C19H33Cl2N7O. The van der Waals surface area contributed by atoms with Crippen LogP contribution in [-0.2, 0) is 6.54 Å². The molecule has 2 aliphatic rings. The lowest BCUT2D eigenvalue weighted by atomic mass is 10.0. The van der Waals surface area contributed by atoms with E-state index in [-0.39, 0.29) is 31.4 Å². The van der Waals surface area contributed by atoms with Crippen molar-refractivity contribution in [2.45, 2.75) is 57.2 Å². The van der Waals surface area contributed by atoms with E-state index >= 15 is 0 Å². The molecule has 0 spiro atoms. The van der Waals surface area contributed by atoms with Crippen LogP contribution in [0.3, 0.4) is 0 Å². The molecule has 29 heavy (non-hydrogen) atoms. The number of hydrogen-bond acceptors (Lipinski definition) is 6. The van der Waals surface area contributed by atoms with Crippen LogP contribution < -0.4 is 5.32 Å². The van der Waals surface area contributed by atoms with Crippen LogP contribution in [0.5, 0.6) is 0 Å². The smallest absolute Gasteiger partial charge is 0.162 e. The Morgan fingerprint density at radius 2 is 1.93 bits per heavy atom. The summed E-state index contributed by atoms with van der Waals surface area (Å²) >= 11 is 0. The molecule has 0 aromatic carbocycles. The molecule has 0 aliphatic carbocycles. The van der Waals surface area contributed by atoms with Crippen LogP contribution >= 0.6 is 24.8 Å². The third-order valence-electron chi connectivity index (χ3n) is 5.94. The number of aliphatic hydroxyl groups excluding tert-OH is 1. The first-order chi connectivity index (χ1) is 13.3. The van der Waals surface area contributed by atoms with Gasteiger partial charge in [-0.15, -0.1) is 29.9 Å². The summed E-state index contributed by atoms with van der Waals surface area (Å²) in [6.45, 7) is 5.39. The number of aryl methyl sites for hydroxylation is 1. The Kier molecular flexibility index (Phi) is 9.85. The van der Waals surface area contributed by atoms with Gasteiger partial charge in [0.25, 0.3) is 0 Å². The van der Waals surface area contributed by atoms with Crippen molar-refractivity contribution in [1.29, 1.82) is 0 Å². The molecular weight excluding hydrogens is 413 g/mol. The minimum absolute atomic E-state index is 0. The molecule has 2 aromatic heterocycles. The maximum Gasteiger partial charge on any atom is 0.162 e. The highest BCUT2D eigenvalue weighted by Gasteiger charge is 2.21. The van der Waals surface area contributed by atoms with Crippen molar-refractivity contribution in [3.63, 3.8) is 0 Å². The molecule has 0 bridgehead atoms. The topological polar surface area (TPSA) is 84.0 Å². The molecule has 4 heterocycles. The lowest BCUT2D eigenvalue weighted by molar-refractivity contribution is 0.0882. The summed E-state index contributed by atoms with van der Waals surface area (Å²) in [5, 5.41) is 21.7. The molecule has 8 nitrogen and oxygen atoms in total. The summed E-state index contributed by atoms with van der Waals surface area (Å²) in [5.41, 5.74) is 0.852. The first kappa shape index (κ1) is 24.1. The lowest BCUT2D eigenvalue weighted by Crippen LogP contribution is -2.42. The van der Waals surface area contributed by atoms with Crippen LogP contribution in [0.25, 0.3) is 11.5 Å². The molecule has 4 rings (SSSR count). The van der Waals surface area contributed by atoms with Crippen LogP contribution in [0.2, 0.25) is 0 Å². The second-order valence-electron chi connectivity index (χ2n) is 7.73. The summed E-state index contributed by atoms with van der Waals surface area (Å²) in [6, 6.07) is 0.774. The molecule has 0 radical (unpaired) electrons. The van der Waals surface area contributed by atoms with Crippen LogP contribution in [0.4, 0.5) is 0 Å². The number of aliphatic hydroxyl groups is 1. The average molecular weight is 446 g/mol. The predicted molar refractivity (Wildman–Crippen MR) is 118 cm³/mol. The second kappa shape index (κ2) is 11.9. The summed E-state index contributed by atoms with van der Waals surface area (Å²) in [6.07, 6.45) is 12.7. The van der Waals surface area contributed by atoms with E-state index in [1.165, 1.54) is 12.8 Å². The lowest BCUT2D eigenvalue weighted by Gasteiger charge is -2.34. The van der Waals surface area contributed by atoms with Gasteiger partial charge >= 0.3 is 0 Å². The van der Waals surface area contributed by atoms with E-state index in [1.807, 2.05) is 23.3 Å². The van der Waals surface area contributed by atoms with E-state index in [1.54, 1.807) is 0 Å². The van der Waals surface area contributed by atoms with Gasteiger partial charge in [0.2, 0.25) is 0 Å². The predicted octanol–water partition coefficient (Wildman–Crippen LogP) is 2.15. The van der Waals surface area contributed by atoms with Gasteiger partial charge in [-0.2, -0.15) is 0 Å². The minimum atomic E-state index is 0. The molecule has 164 valence electrons. The first-order valence-corrected chi connectivity index (χ1v) is 10.3. The number of hydrogen-bond donors (Lipinski definition) is 2. The Hall–Kier alpha value is -1.19. The third kappa shape index (κ3) is 5.92. The quantitative estimate of drug-likeness (QED) is 0.678. The van der Waals surface area contributed by atoms with Crippen molar-refractivity contribution in [3.8, 4) is 11.5 Å². The van der Waals surface area contributed by atoms with Gasteiger partial charge in [0.1, 0.15) is 5.69 Å². The molecule has 10 heteroatoms. The number of piperidine rings is 2. The van der Waals surface area contributed by atoms with E-state index in [4.69, 9.17) is 0 Å². The molecule has 0 saturated carbocycles. The van der Waals surface area contributed by atoms with Gasteiger partial charge in [-0.3, -0.25) is 4.90 Å². The molecule has 2 N–H and O–H groups in total. The molecule has 0 amide bonds. The molecule has 2 aliphatic heterocycles. The van der Waals surface area contributed by atoms with Crippen molar-refractivity contribution < 1.29 is 5.11 Å². The summed E-state index contributed by atoms with van der Waals surface area (Å²) < 4.78 is 4.18. The maximum absolute atomic E-state index is 9.57. The zero-order chi connectivity index (χ0) is 18.5. The fraction of sp³-hybridized carbons (Fsp3) is 0.737. The molecule has 2 saturated heterocycles. The number of nitrogens with zero attached hydrogens (tertiary/aromatic N) is 6. The fourth-order valence-corrected chi connectivity index (χ4v) is 4.36. The van der Waals surface area contributed by atoms with Gasteiger partial charge in [-0.05, 0) is 51.7 Å². The molecule has 2 aromatic rings. The van der Waals surface area contributed by atoms with Gasteiger partial charge in [-0.25, -0.2) is 9.67 Å². The Balaban J connectivity index is 0.00000150. The van der Waals surface area contributed by atoms with Crippen molar-refractivity contribution >= 4 is 24.8 Å². The average Bonchev–Trinajstić information content (AvgIpc) is 3.38. The zero-order valence-corrected chi connectivity index (χ0v) is 18.5. The van der Waals surface area contributed by atoms with Gasteiger partial charge < -0.3 is 15.0 Å². The first-order valence-electron chi connectivity index (χ1n) is 10.3. The van der Waals surface area contributed by atoms with E-state index in [9.17, 15) is 5.11 Å². The second-order valence-corrected chi connectivity index (χ2v) is 7.73. The van der Waals surface area contributed by atoms with Gasteiger partial charge in [0.05, 0.1) is 18.8 Å². The largest absolute Gasteiger partial charge is 0.395 e. The van der Waals surface area contributed by atoms with Crippen molar-refractivity contribution in [2.75, 3.05) is 32.8 Å². The van der Waals surface area contributed by atoms with E-state index in [0.717, 1.165) is 69.9 Å². The normalized spacial score (nSPS) is 20.8.